The predicted molar refractivity (Wildman–Crippen MR) is 80.1 cm³/mol. The fraction of sp³-hybridized carbons (Fsp3) is 0.467. The minimum atomic E-state index is -0.0700. The highest BCUT2D eigenvalue weighted by Crippen LogP contribution is 2.23. The molecule has 0 aliphatic carbocycles. The van der Waals surface area contributed by atoms with Gasteiger partial charge in [0, 0.05) is 31.6 Å². The lowest BCUT2D eigenvalue weighted by molar-refractivity contribution is -0.120. The largest absolute Gasteiger partial charge is 0.495 e. The van der Waals surface area contributed by atoms with Crippen LogP contribution in [0.2, 0.25) is 0 Å². The van der Waals surface area contributed by atoms with Gasteiger partial charge in [-0.25, -0.2) is 0 Å². The van der Waals surface area contributed by atoms with Crippen LogP contribution in [0.15, 0.2) is 18.2 Å². The Bertz CT molecular complexity index is 545. The van der Waals surface area contributed by atoms with Crippen LogP contribution in [-0.4, -0.2) is 43.0 Å². The van der Waals surface area contributed by atoms with E-state index in [0.29, 0.717) is 30.1 Å². The first-order valence-electron chi connectivity index (χ1n) is 7.01. The average Bonchev–Trinajstić information content (AvgIpc) is 2.46. The second kappa shape index (κ2) is 6.47. The number of nitrogens with one attached hydrogen (secondary N) is 1. The molecule has 0 aromatic heterocycles. The van der Waals surface area contributed by atoms with Gasteiger partial charge in [0.25, 0.3) is 5.91 Å². The van der Waals surface area contributed by atoms with E-state index >= 15 is 0 Å². The lowest BCUT2D eigenvalue weighted by atomic mass is 10.0. The Morgan fingerprint density at radius 1 is 1.43 bits per heavy atom. The number of nitrogen functional groups attached to an aromatic ring is 1. The van der Waals surface area contributed by atoms with Gasteiger partial charge in [0.15, 0.2) is 0 Å². The van der Waals surface area contributed by atoms with Crippen molar-refractivity contribution in [2.24, 2.45) is 0 Å². The number of methoxy groups -OCH3 is 1. The molecular formula is C15H21N3O3. The van der Waals surface area contributed by atoms with E-state index in [1.165, 1.54) is 14.0 Å². The molecule has 2 amide bonds. The van der Waals surface area contributed by atoms with E-state index in [0.717, 1.165) is 12.8 Å². The van der Waals surface area contributed by atoms with Crippen molar-refractivity contribution in [3.05, 3.63) is 23.8 Å². The van der Waals surface area contributed by atoms with Gasteiger partial charge >= 0.3 is 0 Å². The summed E-state index contributed by atoms with van der Waals surface area (Å²) in [4.78, 5) is 25.4. The fourth-order valence-electron chi connectivity index (χ4n) is 2.62. The first-order valence-corrected chi connectivity index (χ1v) is 7.01. The number of hydrogen-bond donors (Lipinski definition) is 2. The number of rotatable bonds is 3. The molecule has 1 unspecified atom stereocenters. The van der Waals surface area contributed by atoms with Crippen molar-refractivity contribution in [1.29, 1.82) is 0 Å². The van der Waals surface area contributed by atoms with Crippen LogP contribution in [-0.2, 0) is 4.79 Å². The molecule has 1 aliphatic heterocycles. The van der Waals surface area contributed by atoms with E-state index in [-0.39, 0.29) is 17.9 Å². The molecule has 0 radical (unpaired) electrons. The number of nitrogens with zero attached hydrogens (tertiary/aromatic N) is 1. The molecule has 1 aromatic rings. The zero-order valence-electron chi connectivity index (χ0n) is 12.4. The van der Waals surface area contributed by atoms with Gasteiger partial charge in [0.2, 0.25) is 5.91 Å². The Morgan fingerprint density at radius 3 is 2.81 bits per heavy atom. The molecule has 0 saturated carbocycles. The van der Waals surface area contributed by atoms with Crippen LogP contribution in [0.5, 0.6) is 5.75 Å². The zero-order chi connectivity index (χ0) is 15.4. The molecule has 2 rings (SSSR count). The number of hydrogen-bond acceptors (Lipinski definition) is 4. The lowest BCUT2D eigenvalue weighted by Crippen LogP contribution is -2.49. The summed E-state index contributed by atoms with van der Waals surface area (Å²) < 4.78 is 5.09. The maximum atomic E-state index is 12.5. The maximum Gasteiger partial charge on any atom is 0.254 e. The van der Waals surface area contributed by atoms with Gasteiger partial charge in [-0.05, 0) is 31.0 Å². The summed E-state index contributed by atoms with van der Waals surface area (Å²) in [6, 6.07) is 5.05. The minimum Gasteiger partial charge on any atom is -0.495 e. The molecule has 0 bridgehead atoms. The molecule has 1 saturated heterocycles. The number of amides is 2. The van der Waals surface area contributed by atoms with Crippen LogP contribution in [0.4, 0.5) is 5.69 Å². The van der Waals surface area contributed by atoms with Crippen molar-refractivity contribution >= 4 is 17.5 Å². The van der Waals surface area contributed by atoms with Crippen molar-refractivity contribution < 1.29 is 14.3 Å². The van der Waals surface area contributed by atoms with E-state index in [4.69, 9.17) is 10.5 Å². The summed E-state index contributed by atoms with van der Waals surface area (Å²) in [7, 11) is 1.54. The molecule has 6 nitrogen and oxygen atoms in total. The number of piperidine rings is 1. The van der Waals surface area contributed by atoms with Crippen LogP contribution in [0.3, 0.4) is 0 Å². The topological polar surface area (TPSA) is 84.7 Å². The number of ether oxygens (including phenoxy) is 1. The van der Waals surface area contributed by atoms with Crippen molar-refractivity contribution in [1.82, 2.24) is 10.2 Å². The van der Waals surface area contributed by atoms with Gasteiger partial charge in [0.1, 0.15) is 5.75 Å². The third kappa shape index (κ3) is 3.65. The number of carbonyl (C=O) groups excluding carboxylic acids is 2. The van der Waals surface area contributed by atoms with Gasteiger partial charge in [-0.3, -0.25) is 9.59 Å². The third-order valence-corrected chi connectivity index (χ3v) is 3.59. The molecule has 1 aromatic carbocycles. The quantitative estimate of drug-likeness (QED) is 0.814. The molecule has 1 aliphatic rings. The second-order valence-corrected chi connectivity index (χ2v) is 5.25. The van der Waals surface area contributed by atoms with Gasteiger partial charge < -0.3 is 20.7 Å². The Kier molecular flexibility index (Phi) is 4.67. The highest BCUT2D eigenvalue weighted by molar-refractivity contribution is 5.95. The van der Waals surface area contributed by atoms with E-state index < -0.39 is 0 Å². The Labute approximate surface area is 124 Å². The first kappa shape index (κ1) is 15.2. The number of likely N-dealkylation sites (tertiary alicyclic amines) is 1. The van der Waals surface area contributed by atoms with Crippen molar-refractivity contribution in [2.45, 2.75) is 25.8 Å². The number of nitrogens with two attached hydrogens (primary N) is 1. The smallest absolute Gasteiger partial charge is 0.254 e. The molecule has 114 valence electrons. The summed E-state index contributed by atoms with van der Waals surface area (Å²) in [5.74, 6) is 0.420. The first-order chi connectivity index (χ1) is 10.0. The van der Waals surface area contributed by atoms with Crippen molar-refractivity contribution in [3.8, 4) is 5.75 Å². The van der Waals surface area contributed by atoms with Crippen LogP contribution < -0.4 is 15.8 Å². The summed E-state index contributed by atoms with van der Waals surface area (Å²) in [6.45, 7) is 2.72. The molecule has 3 N–H and O–H groups in total. The van der Waals surface area contributed by atoms with Crippen molar-refractivity contribution in [3.63, 3.8) is 0 Å². The molecule has 1 fully saturated rings. The predicted octanol–water partition coefficient (Wildman–Crippen LogP) is 1.02. The Hall–Kier alpha value is -2.24. The van der Waals surface area contributed by atoms with Gasteiger partial charge in [0.05, 0.1) is 12.8 Å². The monoisotopic (exact) mass is 291 g/mol. The molecule has 1 heterocycles. The fourth-order valence-corrected chi connectivity index (χ4v) is 2.62. The zero-order valence-corrected chi connectivity index (χ0v) is 12.4. The molecular weight excluding hydrogens is 270 g/mol. The minimum absolute atomic E-state index is 0.0239. The van der Waals surface area contributed by atoms with Crippen LogP contribution >= 0.6 is 0 Å². The van der Waals surface area contributed by atoms with Crippen LogP contribution in [0, 0.1) is 0 Å². The van der Waals surface area contributed by atoms with Gasteiger partial charge in [-0.2, -0.15) is 0 Å². The molecule has 6 heteroatoms. The van der Waals surface area contributed by atoms with E-state index in [9.17, 15) is 9.59 Å². The molecule has 1 atom stereocenters. The number of carbonyl (C=O) groups is 2. The number of benzene rings is 1. The average molecular weight is 291 g/mol. The lowest BCUT2D eigenvalue weighted by Gasteiger charge is -2.33. The summed E-state index contributed by atoms with van der Waals surface area (Å²) in [6.07, 6.45) is 1.77. The Morgan fingerprint density at radius 2 is 2.19 bits per heavy atom. The highest BCUT2D eigenvalue weighted by Gasteiger charge is 2.25. The second-order valence-electron chi connectivity index (χ2n) is 5.25. The maximum absolute atomic E-state index is 12.5. The molecule has 0 spiro atoms. The van der Waals surface area contributed by atoms with Gasteiger partial charge in [-0.1, -0.05) is 0 Å². The SMILES string of the molecule is COc1ccc(C(=O)N2CCCC(NC(C)=O)C2)cc1N. The summed E-state index contributed by atoms with van der Waals surface area (Å²) in [5.41, 5.74) is 6.82. The van der Waals surface area contributed by atoms with E-state index in [2.05, 4.69) is 5.32 Å². The third-order valence-electron chi connectivity index (χ3n) is 3.59. The number of anilines is 1. The van der Waals surface area contributed by atoms with Crippen molar-refractivity contribution in [2.75, 3.05) is 25.9 Å². The standard InChI is InChI=1S/C15H21N3O3/c1-10(19)17-12-4-3-7-18(9-12)15(20)11-5-6-14(21-2)13(16)8-11/h5-6,8,12H,3-4,7,9,16H2,1-2H3,(H,17,19). The summed E-state index contributed by atoms with van der Waals surface area (Å²) >= 11 is 0. The van der Waals surface area contributed by atoms with Gasteiger partial charge in [-0.15, -0.1) is 0 Å². The van der Waals surface area contributed by atoms with Crippen LogP contribution in [0.1, 0.15) is 30.1 Å². The normalized spacial score (nSPS) is 18.2. The van der Waals surface area contributed by atoms with Crippen LogP contribution in [0.25, 0.3) is 0 Å². The van der Waals surface area contributed by atoms with E-state index in [1.807, 2.05) is 0 Å². The van der Waals surface area contributed by atoms with E-state index in [1.54, 1.807) is 23.1 Å². The molecule has 21 heavy (non-hydrogen) atoms. The summed E-state index contributed by atoms with van der Waals surface area (Å²) in [5, 5.41) is 2.87. The Balaban J connectivity index is 2.08. The highest BCUT2D eigenvalue weighted by atomic mass is 16.5.